The molecule has 8 heteroatoms. The Hall–Kier alpha value is -2.71. The van der Waals surface area contributed by atoms with Gasteiger partial charge < -0.3 is 19.5 Å². The fourth-order valence-corrected chi connectivity index (χ4v) is 7.22. The first-order valence-electron chi connectivity index (χ1n) is 12.2. The number of carbonyl (C=O) groups is 3. The van der Waals surface area contributed by atoms with Gasteiger partial charge in [-0.3, -0.25) is 9.69 Å². The van der Waals surface area contributed by atoms with Crippen LogP contribution < -0.4 is 0 Å². The summed E-state index contributed by atoms with van der Waals surface area (Å²) in [5.41, 5.74) is 3.51. The third-order valence-corrected chi connectivity index (χ3v) is 8.73. The van der Waals surface area contributed by atoms with E-state index in [-0.39, 0.29) is 49.2 Å². The van der Waals surface area contributed by atoms with Crippen LogP contribution >= 0.6 is 0 Å². The fourth-order valence-electron chi connectivity index (χ4n) is 7.22. The second-order valence-electron chi connectivity index (χ2n) is 10.6. The maximum Gasteiger partial charge on any atom is 0.338 e. The standard InChI is InChI=1S/C26H30N2O6/c1-14-8-26(25(32)28(14)18-7-23(30)33-12-18)9-16-3-4-17(10-26)27(16)11-22(29)19-5-6-20-21(15(19)2)13-34-24(20)31/h5-7,14,16-17,22,29H,3-4,8-13H2,1-2H3/t14?,16?,17?,22-,26?/m1/s1. The number of benzene rings is 1. The van der Waals surface area contributed by atoms with Gasteiger partial charge in [0, 0.05) is 36.3 Å². The molecule has 0 aliphatic carbocycles. The van der Waals surface area contributed by atoms with Gasteiger partial charge in [-0.2, -0.15) is 0 Å². The van der Waals surface area contributed by atoms with Crippen LogP contribution in [-0.4, -0.2) is 64.0 Å². The lowest BCUT2D eigenvalue weighted by Crippen LogP contribution is -2.51. The Morgan fingerprint density at radius 1 is 1.09 bits per heavy atom. The minimum absolute atomic E-state index is 0.0452. The molecule has 3 saturated heterocycles. The first-order chi connectivity index (χ1) is 16.3. The Morgan fingerprint density at radius 3 is 2.50 bits per heavy atom. The van der Waals surface area contributed by atoms with Crippen LogP contribution in [0, 0.1) is 12.3 Å². The van der Waals surface area contributed by atoms with Crippen LogP contribution in [-0.2, 0) is 25.7 Å². The topological polar surface area (TPSA) is 96.4 Å². The van der Waals surface area contributed by atoms with Gasteiger partial charge in [0.2, 0.25) is 5.91 Å². The van der Waals surface area contributed by atoms with E-state index in [0.717, 1.165) is 48.8 Å². The smallest absolute Gasteiger partial charge is 0.338 e. The number of aliphatic hydroxyl groups is 1. The number of amides is 1. The number of rotatable bonds is 4. The van der Waals surface area contributed by atoms with Crippen LogP contribution in [0.5, 0.6) is 0 Å². The van der Waals surface area contributed by atoms with Crippen LogP contribution in [0.2, 0.25) is 0 Å². The van der Waals surface area contributed by atoms with Crippen LogP contribution in [0.1, 0.15) is 72.2 Å². The molecule has 6 rings (SSSR count). The molecule has 4 atom stereocenters. The average Bonchev–Trinajstić information content (AvgIpc) is 3.50. The van der Waals surface area contributed by atoms with Crippen LogP contribution in [0.25, 0.3) is 0 Å². The minimum Gasteiger partial charge on any atom is -0.457 e. The number of aliphatic hydroxyl groups excluding tert-OH is 1. The second-order valence-corrected chi connectivity index (χ2v) is 10.6. The highest BCUT2D eigenvalue weighted by molar-refractivity contribution is 5.94. The molecule has 0 aromatic heterocycles. The fraction of sp³-hybridized carbons (Fsp3) is 0.577. The molecule has 5 aliphatic rings. The van der Waals surface area contributed by atoms with E-state index in [1.165, 1.54) is 6.08 Å². The quantitative estimate of drug-likeness (QED) is 0.681. The van der Waals surface area contributed by atoms with E-state index >= 15 is 0 Å². The van der Waals surface area contributed by atoms with E-state index in [9.17, 15) is 19.5 Å². The summed E-state index contributed by atoms with van der Waals surface area (Å²) in [6.07, 6.45) is 5.18. The largest absolute Gasteiger partial charge is 0.457 e. The van der Waals surface area contributed by atoms with Gasteiger partial charge in [-0.25, -0.2) is 9.59 Å². The lowest BCUT2D eigenvalue weighted by Gasteiger charge is -2.44. The molecule has 1 amide bonds. The van der Waals surface area contributed by atoms with Gasteiger partial charge in [-0.05, 0) is 63.1 Å². The number of likely N-dealkylation sites (tertiary alicyclic amines) is 1. The highest BCUT2D eigenvalue weighted by Crippen LogP contribution is 2.53. The number of esters is 2. The van der Waals surface area contributed by atoms with Crippen molar-refractivity contribution in [2.24, 2.45) is 5.41 Å². The molecular weight excluding hydrogens is 436 g/mol. The van der Waals surface area contributed by atoms with E-state index < -0.39 is 11.5 Å². The summed E-state index contributed by atoms with van der Waals surface area (Å²) >= 11 is 0. The van der Waals surface area contributed by atoms with E-state index in [2.05, 4.69) is 11.8 Å². The highest BCUT2D eigenvalue weighted by Gasteiger charge is 2.58. The van der Waals surface area contributed by atoms with Gasteiger partial charge in [0.25, 0.3) is 0 Å². The number of hydrogen-bond acceptors (Lipinski definition) is 7. The molecule has 8 nitrogen and oxygen atoms in total. The molecule has 3 unspecified atom stereocenters. The molecule has 5 heterocycles. The Kier molecular flexibility index (Phi) is 4.90. The van der Waals surface area contributed by atoms with Gasteiger partial charge in [0.15, 0.2) is 0 Å². The predicted molar refractivity (Wildman–Crippen MR) is 120 cm³/mol. The molecule has 1 aromatic carbocycles. The Bertz CT molecular complexity index is 1110. The van der Waals surface area contributed by atoms with Gasteiger partial charge in [0.1, 0.15) is 13.2 Å². The van der Waals surface area contributed by atoms with Gasteiger partial charge in [-0.15, -0.1) is 0 Å². The summed E-state index contributed by atoms with van der Waals surface area (Å²) in [7, 11) is 0. The Labute approximate surface area is 198 Å². The van der Waals surface area contributed by atoms with Crippen molar-refractivity contribution in [2.75, 3.05) is 13.2 Å². The van der Waals surface area contributed by atoms with Crippen molar-refractivity contribution in [1.82, 2.24) is 9.80 Å². The zero-order valence-corrected chi connectivity index (χ0v) is 19.6. The minimum atomic E-state index is -0.667. The monoisotopic (exact) mass is 466 g/mol. The van der Waals surface area contributed by atoms with Crippen molar-refractivity contribution >= 4 is 17.8 Å². The number of piperidine rings is 1. The van der Waals surface area contributed by atoms with E-state index in [0.29, 0.717) is 17.8 Å². The lowest BCUT2D eigenvalue weighted by atomic mass is 9.72. The van der Waals surface area contributed by atoms with E-state index in [1.807, 2.05) is 13.0 Å². The molecule has 3 fully saturated rings. The van der Waals surface area contributed by atoms with Crippen LogP contribution in [0.3, 0.4) is 0 Å². The van der Waals surface area contributed by atoms with Crippen LogP contribution in [0.15, 0.2) is 23.9 Å². The number of nitrogens with zero attached hydrogens (tertiary/aromatic N) is 2. The molecule has 1 N–H and O–H groups in total. The van der Waals surface area contributed by atoms with Crippen molar-refractivity contribution in [3.8, 4) is 0 Å². The maximum atomic E-state index is 13.6. The van der Waals surface area contributed by atoms with E-state index in [4.69, 9.17) is 9.47 Å². The first kappa shape index (κ1) is 21.8. The van der Waals surface area contributed by atoms with Gasteiger partial charge in [0.05, 0.1) is 22.8 Å². The molecular formula is C26H30N2O6. The molecule has 1 spiro atoms. The molecule has 5 aliphatic heterocycles. The normalized spacial score (nSPS) is 33.4. The number of ether oxygens (including phenoxy) is 2. The third-order valence-electron chi connectivity index (χ3n) is 8.73. The Balaban J connectivity index is 1.19. The third kappa shape index (κ3) is 3.15. The van der Waals surface area contributed by atoms with Crippen molar-refractivity contribution in [3.05, 3.63) is 46.2 Å². The van der Waals surface area contributed by atoms with E-state index in [1.54, 1.807) is 11.0 Å². The molecule has 1 aromatic rings. The number of cyclic esters (lactones) is 2. The van der Waals surface area contributed by atoms with Crippen molar-refractivity contribution < 1.29 is 29.0 Å². The van der Waals surface area contributed by atoms with Crippen LogP contribution in [0.4, 0.5) is 0 Å². The average molecular weight is 467 g/mol. The SMILES string of the molecule is Cc1c([C@H](O)CN2C3CCC2CC2(CC(C)N(C4=CC(=O)OC4)C2=O)C3)ccc2c1COC2=O. The lowest BCUT2D eigenvalue weighted by molar-refractivity contribution is -0.140. The zero-order valence-electron chi connectivity index (χ0n) is 19.6. The number of fused-ring (bicyclic) bond motifs is 3. The summed E-state index contributed by atoms with van der Waals surface area (Å²) in [5, 5.41) is 11.2. The zero-order chi connectivity index (χ0) is 23.8. The number of hydrogen-bond donors (Lipinski definition) is 1. The summed E-state index contributed by atoms with van der Waals surface area (Å²) in [6, 6.07) is 4.15. The molecule has 0 radical (unpaired) electrons. The summed E-state index contributed by atoms with van der Waals surface area (Å²) < 4.78 is 10.2. The molecule has 2 bridgehead atoms. The molecule has 34 heavy (non-hydrogen) atoms. The summed E-state index contributed by atoms with van der Waals surface area (Å²) in [4.78, 5) is 41.3. The van der Waals surface area contributed by atoms with Crippen molar-refractivity contribution in [3.63, 3.8) is 0 Å². The van der Waals surface area contributed by atoms with Gasteiger partial charge >= 0.3 is 11.9 Å². The maximum absolute atomic E-state index is 13.6. The highest BCUT2D eigenvalue weighted by atomic mass is 16.5. The van der Waals surface area contributed by atoms with Gasteiger partial charge in [-0.1, -0.05) is 6.07 Å². The van der Waals surface area contributed by atoms with Crippen molar-refractivity contribution in [1.29, 1.82) is 0 Å². The molecule has 0 saturated carbocycles. The first-order valence-corrected chi connectivity index (χ1v) is 12.2. The predicted octanol–water partition coefficient (Wildman–Crippen LogP) is 2.37. The Morgan fingerprint density at radius 2 is 1.82 bits per heavy atom. The van der Waals surface area contributed by atoms with Crippen molar-refractivity contribution in [2.45, 2.75) is 76.8 Å². The second kappa shape index (κ2) is 7.65. The summed E-state index contributed by atoms with van der Waals surface area (Å²) in [5.74, 6) is -0.550. The number of carbonyl (C=O) groups excluding carboxylic acids is 3. The summed E-state index contributed by atoms with van der Waals surface area (Å²) in [6.45, 7) is 4.95. The molecule has 180 valence electrons.